The van der Waals surface area contributed by atoms with Crippen LogP contribution in [0.5, 0.6) is 0 Å². The smallest absolute Gasteiger partial charge is 0.0805 e. The van der Waals surface area contributed by atoms with Gasteiger partial charge in [0.25, 0.3) is 0 Å². The van der Waals surface area contributed by atoms with Crippen LogP contribution in [-0.2, 0) is 0 Å². The molecule has 6 atom stereocenters. The predicted molar refractivity (Wildman–Crippen MR) is 96.8 cm³/mol. The molecule has 2 fully saturated rings. The van der Waals surface area contributed by atoms with E-state index in [-0.39, 0.29) is 0 Å². The summed E-state index contributed by atoms with van der Waals surface area (Å²) in [6.07, 6.45) is 13.2. The lowest BCUT2D eigenvalue weighted by Gasteiger charge is -2.44. The molecule has 0 aromatic heterocycles. The summed E-state index contributed by atoms with van der Waals surface area (Å²) in [5.41, 5.74) is 1.60. The zero-order valence-corrected chi connectivity index (χ0v) is 15.9. The zero-order valence-electron chi connectivity index (χ0n) is 14.3. The summed E-state index contributed by atoms with van der Waals surface area (Å²) >= 11 is 3.61. The molecule has 1 N–H and O–H groups in total. The zero-order chi connectivity index (χ0) is 16.0. The van der Waals surface area contributed by atoms with Crippen molar-refractivity contribution in [2.24, 2.45) is 29.1 Å². The summed E-state index contributed by atoms with van der Waals surface area (Å²) < 4.78 is 0. The Balaban J connectivity index is 1.69. The molecule has 1 nitrogen and oxygen atoms in total. The van der Waals surface area contributed by atoms with E-state index >= 15 is 0 Å². The first-order valence-electron chi connectivity index (χ1n) is 9.06. The van der Waals surface area contributed by atoms with Crippen LogP contribution < -0.4 is 0 Å². The normalized spacial score (nSPS) is 47.9. The molecule has 0 bridgehead atoms. The molecule has 0 heterocycles. The van der Waals surface area contributed by atoms with Crippen molar-refractivity contribution in [3.63, 3.8) is 0 Å². The highest BCUT2D eigenvalue weighted by Gasteiger charge is 2.50. The lowest BCUT2D eigenvalue weighted by atomic mass is 9.61. The highest BCUT2D eigenvalue weighted by Crippen LogP contribution is 2.60. The fourth-order valence-electron chi connectivity index (χ4n) is 5.96. The molecule has 0 spiro atoms. The van der Waals surface area contributed by atoms with E-state index in [0.717, 1.165) is 24.2 Å². The molecule has 124 valence electrons. The van der Waals surface area contributed by atoms with Crippen LogP contribution in [0.25, 0.3) is 0 Å². The summed E-state index contributed by atoms with van der Waals surface area (Å²) in [5.74, 6) is 2.98. The van der Waals surface area contributed by atoms with Crippen molar-refractivity contribution < 1.29 is 5.11 Å². The Hall–Kier alpha value is -0.0800. The van der Waals surface area contributed by atoms with E-state index in [4.69, 9.17) is 0 Å². The van der Waals surface area contributed by atoms with Crippen LogP contribution in [0, 0.1) is 29.1 Å². The van der Waals surface area contributed by atoms with Crippen molar-refractivity contribution in [3.05, 3.63) is 22.7 Å². The first kappa shape index (κ1) is 16.8. The van der Waals surface area contributed by atoms with Crippen LogP contribution in [0.1, 0.15) is 65.7 Å². The van der Waals surface area contributed by atoms with Gasteiger partial charge in [0, 0.05) is 0 Å². The lowest BCUT2D eigenvalue weighted by Crippen LogP contribution is -2.36. The van der Waals surface area contributed by atoms with Gasteiger partial charge in [-0.3, -0.25) is 0 Å². The molecule has 2 heteroatoms. The van der Waals surface area contributed by atoms with Crippen molar-refractivity contribution in [2.45, 2.75) is 71.3 Å². The summed E-state index contributed by atoms with van der Waals surface area (Å²) in [7, 11) is 0. The van der Waals surface area contributed by atoms with Gasteiger partial charge in [0.1, 0.15) is 0 Å². The van der Waals surface area contributed by atoms with Crippen molar-refractivity contribution in [2.75, 3.05) is 0 Å². The predicted octanol–water partition coefficient (Wildman–Crippen LogP) is 5.83. The largest absolute Gasteiger partial charge is 0.386 e. The number of rotatable bonds is 3. The summed E-state index contributed by atoms with van der Waals surface area (Å²) in [5, 5.41) is 10.1. The van der Waals surface area contributed by atoms with E-state index in [1.807, 2.05) is 13.0 Å². The molecule has 3 aliphatic carbocycles. The Bertz CT molecular complexity index is 478. The average Bonchev–Trinajstić information content (AvgIpc) is 2.97. The third-order valence-corrected chi connectivity index (χ3v) is 7.53. The van der Waals surface area contributed by atoms with Gasteiger partial charge >= 0.3 is 0 Å². The van der Waals surface area contributed by atoms with Gasteiger partial charge in [-0.05, 0) is 85.9 Å². The summed E-state index contributed by atoms with van der Waals surface area (Å²) in [4.78, 5) is 2.22. The minimum absolute atomic E-state index is 0.502. The first-order chi connectivity index (χ1) is 10.4. The van der Waals surface area contributed by atoms with Crippen LogP contribution in [0.3, 0.4) is 0 Å². The van der Waals surface area contributed by atoms with Gasteiger partial charge in [-0.2, -0.15) is 0 Å². The number of aliphatic hydroxyl groups is 1. The molecule has 0 aliphatic heterocycles. The molecule has 0 aromatic rings. The second-order valence-electron chi connectivity index (χ2n) is 8.67. The fraction of sp³-hybridized carbons (Fsp3) is 0.800. The molecule has 3 aliphatic rings. The highest BCUT2D eigenvalue weighted by atomic mass is 79.9. The van der Waals surface area contributed by atoms with Crippen LogP contribution >= 0.6 is 15.9 Å². The minimum atomic E-state index is -0.566. The molecule has 0 saturated heterocycles. The topological polar surface area (TPSA) is 20.2 Å². The first-order valence-corrected chi connectivity index (χ1v) is 9.98. The Morgan fingerprint density at radius 1 is 1.41 bits per heavy atom. The van der Waals surface area contributed by atoms with Gasteiger partial charge in [-0.15, -0.1) is 0 Å². The number of allylic oxidation sites excluding steroid dienone is 2. The Morgan fingerprint density at radius 3 is 2.82 bits per heavy atom. The van der Waals surface area contributed by atoms with Crippen LogP contribution in [0.2, 0.25) is 0 Å². The summed E-state index contributed by atoms with van der Waals surface area (Å²) in [6, 6.07) is 0. The van der Waals surface area contributed by atoms with Gasteiger partial charge in [0.15, 0.2) is 0 Å². The van der Waals surface area contributed by atoms with Gasteiger partial charge in [-0.25, -0.2) is 0 Å². The monoisotopic (exact) mass is 366 g/mol. The van der Waals surface area contributed by atoms with Gasteiger partial charge < -0.3 is 5.11 Å². The van der Waals surface area contributed by atoms with Gasteiger partial charge in [-0.1, -0.05) is 47.5 Å². The molecule has 0 aromatic carbocycles. The van der Waals surface area contributed by atoms with Crippen LogP contribution in [0.15, 0.2) is 22.7 Å². The fourth-order valence-corrected chi connectivity index (χ4v) is 6.51. The standard InChI is InChI=1S/C20H31BrO/c1-14(11-15-8-10-19(2,22)12-15)17-6-7-18-16(13-21)5-4-9-20(17,18)3/h8,10,13-15,17-18,22H,4-7,9,11-12H2,1-3H3/t14-,15-,17-,18?,19+,20+/m1/s1. The molecular weight excluding hydrogens is 336 g/mol. The maximum atomic E-state index is 10.1. The quantitative estimate of drug-likeness (QED) is 0.622. The molecule has 0 radical (unpaired) electrons. The lowest BCUT2D eigenvalue weighted by molar-refractivity contribution is 0.0756. The average molecular weight is 367 g/mol. The van der Waals surface area contributed by atoms with Gasteiger partial charge in [0.2, 0.25) is 0 Å². The molecule has 22 heavy (non-hydrogen) atoms. The third kappa shape index (κ3) is 2.98. The number of hydrogen-bond acceptors (Lipinski definition) is 1. The number of hydrogen-bond donors (Lipinski definition) is 1. The van der Waals surface area contributed by atoms with Gasteiger partial charge in [0.05, 0.1) is 5.60 Å². The van der Waals surface area contributed by atoms with E-state index in [9.17, 15) is 5.11 Å². The van der Waals surface area contributed by atoms with Crippen molar-refractivity contribution in [1.29, 1.82) is 0 Å². The van der Waals surface area contributed by atoms with Crippen molar-refractivity contribution >= 4 is 15.9 Å². The molecule has 2 saturated carbocycles. The number of halogens is 1. The molecule has 1 unspecified atom stereocenters. The molecule has 0 amide bonds. The second-order valence-corrected chi connectivity index (χ2v) is 9.13. The Labute approximate surface area is 144 Å². The van der Waals surface area contributed by atoms with Crippen LogP contribution in [-0.4, -0.2) is 10.7 Å². The number of fused-ring (bicyclic) bond motifs is 1. The SMILES string of the molecule is C[C@H](C[C@H]1C=C[C@](C)(O)C1)[C@H]1CCC2C(=CBr)CCC[C@]21C. The van der Waals surface area contributed by atoms with Crippen molar-refractivity contribution in [1.82, 2.24) is 0 Å². The Kier molecular flexibility index (Phi) is 4.64. The highest BCUT2D eigenvalue weighted by molar-refractivity contribution is 9.11. The third-order valence-electron chi connectivity index (χ3n) is 6.94. The van der Waals surface area contributed by atoms with Crippen molar-refractivity contribution in [3.8, 4) is 0 Å². The summed E-state index contributed by atoms with van der Waals surface area (Å²) in [6.45, 7) is 6.96. The maximum Gasteiger partial charge on any atom is 0.0805 e. The van der Waals surface area contributed by atoms with E-state index in [2.05, 4.69) is 40.8 Å². The van der Waals surface area contributed by atoms with E-state index in [1.54, 1.807) is 5.57 Å². The van der Waals surface area contributed by atoms with Crippen LogP contribution in [0.4, 0.5) is 0 Å². The Morgan fingerprint density at radius 2 is 2.18 bits per heavy atom. The minimum Gasteiger partial charge on any atom is -0.386 e. The molecule has 3 rings (SSSR count). The van der Waals surface area contributed by atoms with E-state index < -0.39 is 5.60 Å². The van der Waals surface area contributed by atoms with E-state index in [0.29, 0.717) is 11.3 Å². The van der Waals surface area contributed by atoms with E-state index in [1.165, 1.54) is 38.5 Å². The second kappa shape index (κ2) is 6.09. The molecular formula is C20H31BrO. The maximum absolute atomic E-state index is 10.1.